The van der Waals surface area contributed by atoms with Crippen LogP contribution in [0.2, 0.25) is 5.02 Å². The Labute approximate surface area is 145 Å². The second kappa shape index (κ2) is 6.62. The summed E-state index contributed by atoms with van der Waals surface area (Å²) < 4.78 is 5.45. The van der Waals surface area contributed by atoms with Crippen LogP contribution in [0.5, 0.6) is 5.75 Å². The molecule has 3 rings (SSSR count). The third-order valence-electron chi connectivity index (χ3n) is 3.28. The average Bonchev–Trinajstić information content (AvgIpc) is 3.06. The van der Waals surface area contributed by atoms with Crippen molar-refractivity contribution in [1.82, 2.24) is 4.98 Å². The first-order valence-electron chi connectivity index (χ1n) is 6.95. The highest BCUT2D eigenvalue weighted by atomic mass is 35.5. The van der Waals surface area contributed by atoms with E-state index in [4.69, 9.17) is 16.0 Å². The van der Waals surface area contributed by atoms with Crippen molar-refractivity contribution < 1.29 is 19.2 Å². The van der Waals surface area contributed by atoms with Crippen LogP contribution in [0.1, 0.15) is 10.6 Å². The number of hydrogen-bond donors (Lipinski definition) is 2. The first-order valence-corrected chi connectivity index (χ1v) is 7.33. The molecule has 0 saturated heterocycles. The summed E-state index contributed by atoms with van der Waals surface area (Å²) in [6.45, 7) is 0. The van der Waals surface area contributed by atoms with E-state index in [1.54, 1.807) is 0 Å². The molecule has 9 heteroatoms. The fraction of sp³-hybridized carbons (Fsp3) is 0. The van der Waals surface area contributed by atoms with Crippen LogP contribution >= 0.6 is 11.6 Å². The van der Waals surface area contributed by atoms with Gasteiger partial charge in [-0.25, -0.2) is 4.98 Å². The Morgan fingerprint density at radius 1 is 1.28 bits per heavy atom. The van der Waals surface area contributed by atoms with Crippen LogP contribution in [0.4, 0.5) is 11.5 Å². The number of amides is 1. The number of furan rings is 1. The molecule has 0 bridgehead atoms. The SMILES string of the molecule is O=C(Nc1ncccc1O)c1ccc(-c2ccc([N+](=O)[O-])cc2Cl)o1. The number of nitro benzene ring substituents is 1. The van der Waals surface area contributed by atoms with Crippen molar-refractivity contribution in [2.45, 2.75) is 0 Å². The molecule has 1 aromatic carbocycles. The van der Waals surface area contributed by atoms with Crippen LogP contribution in [0.3, 0.4) is 0 Å². The number of carbonyl (C=O) groups excluding carboxylic acids is 1. The number of nitro groups is 1. The molecule has 126 valence electrons. The lowest BCUT2D eigenvalue weighted by Gasteiger charge is -2.04. The maximum Gasteiger partial charge on any atom is 0.292 e. The fourth-order valence-electron chi connectivity index (χ4n) is 2.08. The number of non-ortho nitro benzene ring substituents is 1. The molecule has 25 heavy (non-hydrogen) atoms. The monoisotopic (exact) mass is 359 g/mol. The third-order valence-corrected chi connectivity index (χ3v) is 3.59. The summed E-state index contributed by atoms with van der Waals surface area (Å²) in [6.07, 6.45) is 1.42. The number of nitrogens with zero attached hydrogens (tertiary/aromatic N) is 2. The van der Waals surface area contributed by atoms with Gasteiger partial charge in [0.2, 0.25) is 0 Å². The van der Waals surface area contributed by atoms with Crippen LogP contribution in [0.25, 0.3) is 11.3 Å². The van der Waals surface area contributed by atoms with E-state index in [1.165, 1.54) is 48.7 Å². The van der Waals surface area contributed by atoms with Gasteiger partial charge in [0.15, 0.2) is 17.3 Å². The molecule has 0 saturated carbocycles. The molecule has 0 fully saturated rings. The third kappa shape index (κ3) is 3.43. The first kappa shape index (κ1) is 16.5. The number of hydrogen-bond acceptors (Lipinski definition) is 6. The lowest BCUT2D eigenvalue weighted by molar-refractivity contribution is -0.384. The molecule has 0 atom stereocenters. The van der Waals surface area contributed by atoms with Gasteiger partial charge in [-0.3, -0.25) is 14.9 Å². The summed E-state index contributed by atoms with van der Waals surface area (Å²) in [5.74, 6) is -0.553. The van der Waals surface area contributed by atoms with Crippen LogP contribution < -0.4 is 5.32 Å². The minimum absolute atomic E-state index is 0.00109. The van der Waals surface area contributed by atoms with Crippen molar-refractivity contribution >= 4 is 29.0 Å². The summed E-state index contributed by atoms with van der Waals surface area (Å²) >= 11 is 6.04. The minimum Gasteiger partial charge on any atom is -0.504 e. The molecule has 0 unspecified atom stereocenters. The molecule has 2 heterocycles. The Kier molecular flexibility index (Phi) is 4.36. The van der Waals surface area contributed by atoms with Gasteiger partial charge in [-0.05, 0) is 30.3 Å². The topological polar surface area (TPSA) is 119 Å². The van der Waals surface area contributed by atoms with Crippen molar-refractivity contribution in [3.05, 3.63) is 69.6 Å². The lowest BCUT2D eigenvalue weighted by Crippen LogP contribution is -2.11. The number of halogens is 1. The number of anilines is 1. The summed E-state index contributed by atoms with van der Waals surface area (Å²) in [6, 6.07) is 9.76. The van der Waals surface area contributed by atoms with Crippen molar-refractivity contribution in [3.63, 3.8) is 0 Å². The zero-order valence-electron chi connectivity index (χ0n) is 12.5. The summed E-state index contributed by atoms with van der Waals surface area (Å²) in [5.41, 5.74) is 0.260. The number of aromatic hydroxyl groups is 1. The van der Waals surface area contributed by atoms with Crippen LogP contribution in [-0.4, -0.2) is 20.9 Å². The van der Waals surface area contributed by atoms with Crippen molar-refractivity contribution in [1.29, 1.82) is 0 Å². The number of pyridine rings is 1. The Morgan fingerprint density at radius 3 is 2.76 bits per heavy atom. The minimum atomic E-state index is -0.613. The maximum atomic E-state index is 12.2. The van der Waals surface area contributed by atoms with E-state index >= 15 is 0 Å². The van der Waals surface area contributed by atoms with Gasteiger partial charge >= 0.3 is 0 Å². The molecular formula is C16H10ClN3O5. The molecule has 8 nitrogen and oxygen atoms in total. The smallest absolute Gasteiger partial charge is 0.292 e. The Hall–Kier alpha value is -3.39. The maximum absolute atomic E-state index is 12.2. The van der Waals surface area contributed by atoms with Gasteiger partial charge in [-0.1, -0.05) is 11.6 Å². The number of aromatic nitrogens is 1. The summed E-state index contributed by atoms with van der Waals surface area (Å²) in [5, 5.41) is 22.9. The van der Waals surface area contributed by atoms with E-state index in [0.717, 1.165) is 0 Å². The Morgan fingerprint density at radius 2 is 2.08 bits per heavy atom. The van der Waals surface area contributed by atoms with Gasteiger partial charge in [0, 0.05) is 23.9 Å². The molecule has 2 aromatic heterocycles. The normalized spacial score (nSPS) is 10.4. The largest absolute Gasteiger partial charge is 0.504 e. The van der Waals surface area contributed by atoms with Crippen molar-refractivity contribution in [2.75, 3.05) is 5.32 Å². The zero-order valence-corrected chi connectivity index (χ0v) is 13.2. The van der Waals surface area contributed by atoms with E-state index in [2.05, 4.69) is 10.3 Å². The molecule has 0 aliphatic rings. The second-order valence-electron chi connectivity index (χ2n) is 4.91. The van der Waals surface area contributed by atoms with Crippen LogP contribution in [0.15, 0.2) is 53.1 Å². The predicted octanol–water partition coefficient (Wildman–Crippen LogP) is 3.86. The highest BCUT2D eigenvalue weighted by Gasteiger charge is 2.17. The molecule has 0 aliphatic carbocycles. The number of carbonyl (C=O) groups is 1. The molecule has 0 aliphatic heterocycles. The Bertz CT molecular complexity index is 970. The predicted molar refractivity (Wildman–Crippen MR) is 89.7 cm³/mol. The molecule has 3 aromatic rings. The van der Waals surface area contributed by atoms with Gasteiger partial charge in [-0.2, -0.15) is 0 Å². The quantitative estimate of drug-likeness (QED) is 0.539. The molecule has 0 spiro atoms. The van der Waals surface area contributed by atoms with E-state index in [1.807, 2.05) is 0 Å². The second-order valence-corrected chi connectivity index (χ2v) is 5.32. The van der Waals surface area contributed by atoms with Crippen molar-refractivity contribution in [3.8, 4) is 17.1 Å². The fourth-order valence-corrected chi connectivity index (χ4v) is 2.35. The summed E-state index contributed by atoms with van der Waals surface area (Å²) in [4.78, 5) is 26.2. The summed E-state index contributed by atoms with van der Waals surface area (Å²) in [7, 11) is 0. The highest BCUT2D eigenvalue weighted by Crippen LogP contribution is 2.32. The number of nitrogens with one attached hydrogen (secondary N) is 1. The van der Waals surface area contributed by atoms with Gasteiger partial charge in [-0.15, -0.1) is 0 Å². The van der Waals surface area contributed by atoms with Gasteiger partial charge in [0.25, 0.3) is 11.6 Å². The molecule has 2 N–H and O–H groups in total. The van der Waals surface area contributed by atoms with Crippen molar-refractivity contribution in [2.24, 2.45) is 0 Å². The Balaban J connectivity index is 1.84. The zero-order chi connectivity index (χ0) is 18.0. The van der Waals surface area contributed by atoms with Crippen LogP contribution in [0, 0.1) is 10.1 Å². The van der Waals surface area contributed by atoms with Gasteiger partial charge < -0.3 is 14.8 Å². The molecule has 1 amide bonds. The van der Waals surface area contributed by atoms with E-state index in [9.17, 15) is 20.0 Å². The highest BCUT2D eigenvalue weighted by molar-refractivity contribution is 6.33. The number of rotatable bonds is 4. The van der Waals surface area contributed by atoms with E-state index in [0.29, 0.717) is 5.56 Å². The van der Waals surface area contributed by atoms with Crippen LogP contribution in [-0.2, 0) is 0 Å². The average molecular weight is 360 g/mol. The standard InChI is InChI=1S/C16H10ClN3O5/c17-11-8-9(20(23)24)3-4-10(11)13-5-6-14(25-13)16(22)19-15-12(21)2-1-7-18-15/h1-8,21H,(H,18,19,22). The van der Waals surface area contributed by atoms with Gasteiger partial charge in [0.1, 0.15) is 5.76 Å². The number of benzene rings is 1. The van der Waals surface area contributed by atoms with E-state index < -0.39 is 10.8 Å². The lowest BCUT2D eigenvalue weighted by atomic mass is 10.1. The first-order chi connectivity index (χ1) is 12.0. The van der Waals surface area contributed by atoms with Gasteiger partial charge in [0.05, 0.1) is 9.95 Å². The molecular weight excluding hydrogens is 350 g/mol. The molecule has 0 radical (unpaired) electrons. The van der Waals surface area contributed by atoms with E-state index in [-0.39, 0.29) is 33.8 Å².